The Kier molecular flexibility index (Phi) is 9.40. The van der Waals surface area contributed by atoms with Crippen molar-refractivity contribution in [2.24, 2.45) is 0 Å². The van der Waals surface area contributed by atoms with Gasteiger partial charge in [0.05, 0.1) is 14.1 Å². The summed E-state index contributed by atoms with van der Waals surface area (Å²) in [5.41, 5.74) is 0.838. The second kappa shape index (κ2) is 12.8. The first-order valence-electron chi connectivity index (χ1n) is 12.4. The standard InChI is InChI=1S/C26H27ClN4O7S2/c1-17-20(31-12-4-8-24(31)33)6-2-7-22(17)40(36,37)29-19(15-28-25(34)21-9-10-23(27)39-21)26(35)38-14-13-30-11-3-5-18(32)16-30/h2-3,5-7,9-11,16,19,29H,4,8,12-15H2,1H3,(H-,28,32,34)/p+1/t19-/m0/s1. The van der Waals surface area contributed by atoms with Gasteiger partial charge in [0, 0.05) is 31.3 Å². The minimum absolute atomic E-state index is 0.0316. The lowest BCUT2D eigenvalue weighted by Gasteiger charge is -2.22. The zero-order valence-corrected chi connectivity index (χ0v) is 23.9. The summed E-state index contributed by atoms with van der Waals surface area (Å²) in [7, 11) is -4.29. The maximum atomic E-state index is 13.5. The third-order valence-corrected chi connectivity index (χ3v) is 9.04. The van der Waals surface area contributed by atoms with Crippen LogP contribution in [0.5, 0.6) is 5.75 Å². The van der Waals surface area contributed by atoms with Gasteiger partial charge in [-0.25, -0.2) is 8.42 Å². The molecule has 4 rings (SSSR count). The lowest BCUT2D eigenvalue weighted by atomic mass is 10.2. The number of pyridine rings is 1. The van der Waals surface area contributed by atoms with Crippen molar-refractivity contribution in [2.45, 2.75) is 37.2 Å². The number of nitrogens with one attached hydrogen (secondary N) is 2. The summed E-state index contributed by atoms with van der Waals surface area (Å²) >= 11 is 6.94. The summed E-state index contributed by atoms with van der Waals surface area (Å²) in [6.07, 6.45) is 4.18. The number of ether oxygens (including phenoxy) is 1. The van der Waals surface area contributed by atoms with Gasteiger partial charge in [0.25, 0.3) is 5.91 Å². The van der Waals surface area contributed by atoms with Gasteiger partial charge >= 0.3 is 5.97 Å². The number of carbonyl (C=O) groups excluding carboxylic acids is 3. The zero-order valence-electron chi connectivity index (χ0n) is 21.5. The highest BCUT2D eigenvalue weighted by molar-refractivity contribution is 7.89. The number of aromatic hydroxyl groups is 1. The van der Waals surface area contributed by atoms with Crippen LogP contribution in [0.15, 0.2) is 59.8 Å². The van der Waals surface area contributed by atoms with Crippen LogP contribution >= 0.6 is 22.9 Å². The minimum atomic E-state index is -4.29. The summed E-state index contributed by atoms with van der Waals surface area (Å²) < 4.78 is 36.7. The fourth-order valence-electron chi connectivity index (χ4n) is 4.23. The molecule has 1 aliphatic heterocycles. The molecule has 1 fully saturated rings. The van der Waals surface area contributed by atoms with Gasteiger partial charge in [-0.3, -0.25) is 14.4 Å². The van der Waals surface area contributed by atoms with E-state index < -0.39 is 34.5 Å². The molecule has 2 amide bonds. The Labute approximate surface area is 240 Å². The number of thiophene rings is 1. The van der Waals surface area contributed by atoms with Crippen LogP contribution in [0.3, 0.4) is 0 Å². The van der Waals surface area contributed by atoms with Crippen molar-refractivity contribution in [3.05, 3.63) is 69.6 Å². The summed E-state index contributed by atoms with van der Waals surface area (Å²) in [5, 5.41) is 12.2. The molecule has 0 unspecified atom stereocenters. The Bertz CT molecular complexity index is 1530. The van der Waals surface area contributed by atoms with Crippen LogP contribution in [-0.2, 0) is 30.9 Å². The van der Waals surface area contributed by atoms with Crippen LogP contribution < -0.4 is 19.5 Å². The molecule has 3 N–H and O–H groups in total. The highest BCUT2D eigenvalue weighted by Gasteiger charge is 2.31. The minimum Gasteiger partial charge on any atom is -0.503 e. The van der Waals surface area contributed by atoms with Gasteiger partial charge in [-0.15, -0.1) is 11.3 Å². The number of amides is 2. The third-order valence-electron chi connectivity index (χ3n) is 6.19. The van der Waals surface area contributed by atoms with Crippen LogP contribution in [-0.4, -0.2) is 57.0 Å². The average Bonchev–Trinajstić information content (AvgIpc) is 3.54. The van der Waals surface area contributed by atoms with Crippen molar-refractivity contribution in [2.75, 3.05) is 24.6 Å². The molecule has 0 saturated carbocycles. The number of aromatic nitrogens is 1. The summed E-state index contributed by atoms with van der Waals surface area (Å²) in [5.74, 6) is -1.50. The first kappa shape index (κ1) is 29.5. The number of hydrogen-bond acceptors (Lipinski definition) is 8. The van der Waals surface area contributed by atoms with Gasteiger partial charge < -0.3 is 20.1 Å². The first-order chi connectivity index (χ1) is 19.0. The van der Waals surface area contributed by atoms with Crippen LogP contribution in [0.4, 0.5) is 5.69 Å². The fourth-order valence-corrected chi connectivity index (χ4v) is 6.64. The van der Waals surface area contributed by atoms with Gasteiger partial charge in [0.1, 0.15) is 6.04 Å². The molecule has 0 bridgehead atoms. The summed E-state index contributed by atoms with van der Waals surface area (Å²) in [6, 6.07) is 9.31. The highest BCUT2D eigenvalue weighted by Crippen LogP contribution is 2.29. The van der Waals surface area contributed by atoms with E-state index >= 15 is 0 Å². The number of rotatable bonds is 11. The number of sulfonamides is 1. The van der Waals surface area contributed by atoms with Crippen LogP contribution in [0.25, 0.3) is 0 Å². The van der Waals surface area contributed by atoms with E-state index in [1.807, 2.05) is 0 Å². The molecule has 40 heavy (non-hydrogen) atoms. The molecule has 0 aliphatic carbocycles. The van der Waals surface area contributed by atoms with Gasteiger partial charge in [-0.2, -0.15) is 9.29 Å². The zero-order chi connectivity index (χ0) is 28.9. The molecule has 212 valence electrons. The van der Waals surface area contributed by atoms with Crippen molar-refractivity contribution < 1.29 is 37.2 Å². The lowest BCUT2D eigenvalue weighted by molar-refractivity contribution is -0.698. The largest absolute Gasteiger partial charge is 0.503 e. The molecular weight excluding hydrogens is 580 g/mol. The van der Waals surface area contributed by atoms with Crippen molar-refractivity contribution in [3.63, 3.8) is 0 Å². The molecule has 2 aromatic heterocycles. The molecule has 1 atom stereocenters. The first-order valence-corrected chi connectivity index (χ1v) is 15.0. The third kappa shape index (κ3) is 7.16. The average molecular weight is 608 g/mol. The number of carbonyl (C=O) groups is 3. The van der Waals surface area contributed by atoms with Crippen molar-refractivity contribution in [1.29, 1.82) is 0 Å². The van der Waals surface area contributed by atoms with Crippen molar-refractivity contribution >= 4 is 56.4 Å². The Hall–Kier alpha value is -3.52. The normalized spacial score (nSPS) is 14.2. The predicted molar refractivity (Wildman–Crippen MR) is 148 cm³/mol. The maximum absolute atomic E-state index is 13.5. The molecule has 3 heterocycles. The highest BCUT2D eigenvalue weighted by atomic mass is 35.5. The van der Waals surface area contributed by atoms with Crippen molar-refractivity contribution in [3.8, 4) is 5.75 Å². The van der Waals surface area contributed by atoms with E-state index in [1.165, 1.54) is 30.5 Å². The van der Waals surface area contributed by atoms with E-state index in [2.05, 4.69) is 10.0 Å². The summed E-state index contributed by atoms with van der Waals surface area (Å²) in [6.45, 7) is 1.77. The molecule has 14 heteroatoms. The Morgan fingerprint density at radius 2 is 2.02 bits per heavy atom. The predicted octanol–water partition coefficient (Wildman–Crippen LogP) is 2.15. The second-order valence-electron chi connectivity index (χ2n) is 9.00. The van der Waals surface area contributed by atoms with Gasteiger partial charge in [-0.05, 0) is 49.2 Å². The molecule has 0 radical (unpaired) electrons. The topological polar surface area (TPSA) is 146 Å². The molecule has 1 saturated heterocycles. The number of anilines is 1. The number of hydrogen-bond donors (Lipinski definition) is 3. The Balaban J connectivity index is 1.52. The molecule has 0 spiro atoms. The van der Waals surface area contributed by atoms with E-state index in [0.717, 1.165) is 11.3 Å². The van der Waals surface area contributed by atoms with E-state index in [1.54, 1.807) is 40.8 Å². The smallest absolute Gasteiger partial charge is 0.326 e. The van der Waals surface area contributed by atoms with Crippen LogP contribution in [0.2, 0.25) is 4.34 Å². The Morgan fingerprint density at radius 3 is 2.70 bits per heavy atom. The number of esters is 1. The number of halogens is 1. The van der Waals surface area contributed by atoms with Gasteiger partial charge in [0.2, 0.25) is 22.1 Å². The maximum Gasteiger partial charge on any atom is 0.326 e. The molecular formula is C26H28ClN4O7S2+. The molecule has 1 aliphatic rings. The number of nitrogens with zero attached hydrogens (tertiary/aromatic N) is 2. The monoisotopic (exact) mass is 607 g/mol. The molecule has 11 nitrogen and oxygen atoms in total. The number of benzene rings is 1. The van der Waals surface area contributed by atoms with E-state index in [4.69, 9.17) is 16.3 Å². The fraction of sp³-hybridized carbons (Fsp3) is 0.308. The van der Waals surface area contributed by atoms with E-state index in [0.29, 0.717) is 39.9 Å². The van der Waals surface area contributed by atoms with Crippen LogP contribution in [0, 0.1) is 6.92 Å². The molecule has 1 aromatic carbocycles. The van der Waals surface area contributed by atoms with Crippen LogP contribution in [0.1, 0.15) is 28.1 Å². The molecule has 3 aromatic rings. The van der Waals surface area contributed by atoms with Crippen molar-refractivity contribution in [1.82, 2.24) is 10.0 Å². The second-order valence-corrected chi connectivity index (χ2v) is 12.4. The van der Waals surface area contributed by atoms with E-state index in [9.17, 15) is 27.9 Å². The SMILES string of the molecule is Cc1c(N2CCCC2=O)cccc1S(=O)(=O)N[C@@H](CNC(=O)c1ccc(Cl)s1)C(=O)OCC[n+]1cccc(O)c1. The lowest BCUT2D eigenvalue weighted by Crippen LogP contribution is -2.49. The Morgan fingerprint density at radius 1 is 1.23 bits per heavy atom. The van der Waals surface area contributed by atoms with Gasteiger partial charge in [-0.1, -0.05) is 17.7 Å². The quantitative estimate of drug-likeness (QED) is 0.224. The van der Waals surface area contributed by atoms with Gasteiger partial charge in [0.15, 0.2) is 25.1 Å². The summed E-state index contributed by atoms with van der Waals surface area (Å²) in [4.78, 5) is 39.6. The van der Waals surface area contributed by atoms with E-state index in [-0.39, 0.29) is 29.7 Å².